The molecule has 0 aliphatic rings. The lowest BCUT2D eigenvalue weighted by Gasteiger charge is -2.04. The minimum Gasteiger partial charge on any atom is -0.380 e. The summed E-state index contributed by atoms with van der Waals surface area (Å²) in [6.07, 6.45) is 0. The summed E-state index contributed by atoms with van der Waals surface area (Å²) in [5, 5.41) is 0. The quantitative estimate of drug-likeness (QED) is 0.733. The summed E-state index contributed by atoms with van der Waals surface area (Å²) < 4.78 is 5.11. The molecule has 1 heteroatoms. The Morgan fingerprint density at radius 1 is 1.13 bits per heavy atom. The van der Waals surface area contributed by atoms with E-state index in [1.807, 2.05) is 18.2 Å². The number of benzene rings is 2. The molecule has 2 aromatic rings. The van der Waals surface area contributed by atoms with Crippen molar-refractivity contribution in [2.24, 2.45) is 0 Å². The molecule has 0 fully saturated rings. The molecule has 0 atom stereocenters. The van der Waals surface area contributed by atoms with Crippen LogP contribution in [0.25, 0.3) is 11.1 Å². The van der Waals surface area contributed by atoms with E-state index in [4.69, 9.17) is 4.74 Å². The van der Waals surface area contributed by atoms with Crippen LogP contribution in [0.5, 0.6) is 0 Å². The van der Waals surface area contributed by atoms with Crippen LogP contribution in [0, 0.1) is 6.07 Å². The Morgan fingerprint density at radius 2 is 2.00 bits per heavy atom. The molecule has 2 aromatic carbocycles. The minimum atomic E-state index is 0.657. The van der Waals surface area contributed by atoms with Gasteiger partial charge < -0.3 is 4.74 Å². The van der Waals surface area contributed by atoms with Gasteiger partial charge in [-0.25, -0.2) is 0 Å². The van der Waals surface area contributed by atoms with Gasteiger partial charge in [-0.05, 0) is 34.9 Å². The highest BCUT2D eigenvalue weighted by Crippen LogP contribution is 2.19. The SMILES string of the molecule is COCc1cccc(-c2c[c]ccc2)c1. The Balaban J connectivity index is 2.33. The maximum atomic E-state index is 5.11. The summed E-state index contributed by atoms with van der Waals surface area (Å²) in [6.45, 7) is 0.657. The van der Waals surface area contributed by atoms with E-state index in [-0.39, 0.29) is 0 Å². The third-order valence-electron chi connectivity index (χ3n) is 2.28. The van der Waals surface area contributed by atoms with Gasteiger partial charge in [-0.1, -0.05) is 36.4 Å². The Labute approximate surface area is 90.3 Å². The zero-order valence-electron chi connectivity index (χ0n) is 8.73. The molecule has 2 rings (SSSR count). The molecule has 0 heterocycles. The number of ether oxygens (including phenoxy) is 1. The van der Waals surface area contributed by atoms with Gasteiger partial charge in [0.15, 0.2) is 0 Å². The van der Waals surface area contributed by atoms with Gasteiger partial charge in [0.1, 0.15) is 0 Å². The summed E-state index contributed by atoms with van der Waals surface area (Å²) in [7, 11) is 1.71. The van der Waals surface area contributed by atoms with Crippen molar-refractivity contribution in [3.63, 3.8) is 0 Å². The minimum absolute atomic E-state index is 0.657. The fraction of sp³-hybridized carbons (Fsp3) is 0.143. The third kappa shape index (κ3) is 2.45. The largest absolute Gasteiger partial charge is 0.380 e. The van der Waals surface area contributed by atoms with E-state index in [0.29, 0.717) is 6.61 Å². The van der Waals surface area contributed by atoms with Crippen LogP contribution in [-0.4, -0.2) is 7.11 Å². The normalized spacial score (nSPS) is 10.2. The molecule has 0 aliphatic heterocycles. The second-order valence-electron chi connectivity index (χ2n) is 3.43. The summed E-state index contributed by atoms with van der Waals surface area (Å²) in [4.78, 5) is 0. The lowest BCUT2D eigenvalue weighted by molar-refractivity contribution is 0.185. The van der Waals surface area contributed by atoms with Gasteiger partial charge in [0.2, 0.25) is 0 Å². The van der Waals surface area contributed by atoms with Crippen LogP contribution >= 0.6 is 0 Å². The predicted octanol–water partition coefficient (Wildman–Crippen LogP) is 3.30. The van der Waals surface area contributed by atoms with Gasteiger partial charge in [-0.3, -0.25) is 0 Å². The van der Waals surface area contributed by atoms with E-state index in [9.17, 15) is 0 Å². The summed E-state index contributed by atoms with van der Waals surface area (Å²) in [5.74, 6) is 0. The molecule has 0 aliphatic carbocycles. The molecular formula is C14H13O. The zero-order valence-corrected chi connectivity index (χ0v) is 8.73. The number of rotatable bonds is 3. The maximum Gasteiger partial charge on any atom is 0.0713 e. The van der Waals surface area contributed by atoms with E-state index >= 15 is 0 Å². The van der Waals surface area contributed by atoms with Crippen LogP contribution in [0.15, 0.2) is 48.5 Å². The van der Waals surface area contributed by atoms with Gasteiger partial charge in [-0.15, -0.1) is 0 Å². The molecule has 0 N–H and O–H groups in total. The lowest BCUT2D eigenvalue weighted by Crippen LogP contribution is -1.87. The van der Waals surface area contributed by atoms with Crippen LogP contribution in [0.3, 0.4) is 0 Å². The van der Waals surface area contributed by atoms with E-state index < -0.39 is 0 Å². The van der Waals surface area contributed by atoms with Crippen molar-refractivity contribution in [2.75, 3.05) is 7.11 Å². The molecule has 0 saturated heterocycles. The number of hydrogen-bond donors (Lipinski definition) is 0. The topological polar surface area (TPSA) is 9.23 Å². The summed E-state index contributed by atoms with van der Waals surface area (Å²) in [6, 6.07) is 19.4. The van der Waals surface area contributed by atoms with Gasteiger partial charge >= 0.3 is 0 Å². The van der Waals surface area contributed by atoms with E-state index in [0.717, 1.165) is 0 Å². The van der Waals surface area contributed by atoms with Crippen molar-refractivity contribution in [1.29, 1.82) is 0 Å². The van der Waals surface area contributed by atoms with Gasteiger partial charge in [0.25, 0.3) is 0 Å². The Bertz CT molecular complexity index is 420. The van der Waals surface area contributed by atoms with Crippen molar-refractivity contribution >= 4 is 0 Å². The molecule has 0 spiro atoms. The lowest BCUT2D eigenvalue weighted by atomic mass is 10.0. The monoisotopic (exact) mass is 197 g/mol. The van der Waals surface area contributed by atoms with E-state index in [2.05, 4.69) is 36.4 Å². The molecular weight excluding hydrogens is 184 g/mol. The van der Waals surface area contributed by atoms with Crippen molar-refractivity contribution in [1.82, 2.24) is 0 Å². The highest BCUT2D eigenvalue weighted by Gasteiger charge is 1.97. The van der Waals surface area contributed by atoms with Crippen LogP contribution in [-0.2, 0) is 11.3 Å². The predicted molar refractivity (Wildman–Crippen MR) is 61.4 cm³/mol. The second-order valence-corrected chi connectivity index (χ2v) is 3.43. The number of methoxy groups -OCH3 is 1. The standard InChI is InChI=1S/C14H13O/c1-15-11-12-6-5-9-14(10-12)13-7-3-2-4-8-13/h2-3,5-10H,11H2,1H3. The first-order valence-electron chi connectivity index (χ1n) is 4.94. The molecule has 0 amide bonds. The summed E-state index contributed by atoms with van der Waals surface area (Å²) in [5.41, 5.74) is 3.59. The van der Waals surface area contributed by atoms with Crippen LogP contribution in [0.1, 0.15) is 5.56 Å². The Hall–Kier alpha value is -1.60. The zero-order chi connectivity index (χ0) is 10.5. The van der Waals surface area contributed by atoms with Crippen molar-refractivity contribution in [3.05, 3.63) is 60.2 Å². The van der Waals surface area contributed by atoms with Gasteiger partial charge in [0, 0.05) is 7.11 Å². The molecule has 0 aromatic heterocycles. The maximum absolute atomic E-state index is 5.11. The van der Waals surface area contributed by atoms with E-state index in [1.165, 1.54) is 16.7 Å². The molecule has 15 heavy (non-hydrogen) atoms. The Morgan fingerprint density at radius 3 is 2.73 bits per heavy atom. The van der Waals surface area contributed by atoms with Crippen LogP contribution in [0.2, 0.25) is 0 Å². The van der Waals surface area contributed by atoms with Crippen LogP contribution < -0.4 is 0 Å². The first kappa shape index (κ1) is 9.94. The average molecular weight is 197 g/mol. The third-order valence-corrected chi connectivity index (χ3v) is 2.28. The first-order chi connectivity index (χ1) is 7.40. The fourth-order valence-electron chi connectivity index (χ4n) is 1.58. The second kappa shape index (κ2) is 4.76. The molecule has 0 saturated carbocycles. The van der Waals surface area contributed by atoms with Gasteiger partial charge in [-0.2, -0.15) is 0 Å². The van der Waals surface area contributed by atoms with Crippen LogP contribution in [0.4, 0.5) is 0 Å². The highest BCUT2D eigenvalue weighted by molar-refractivity contribution is 5.63. The van der Waals surface area contributed by atoms with Crippen molar-refractivity contribution in [3.8, 4) is 11.1 Å². The fourth-order valence-corrected chi connectivity index (χ4v) is 1.58. The molecule has 1 nitrogen and oxygen atoms in total. The van der Waals surface area contributed by atoms with Crippen molar-refractivity contribution in [2.45, 2.75) is 6.61 Å². The number of hydrogen-bond acceptors (Lipinski definition) is 1. The summed E-state index contributed by atoms with van der Waals surface area (Å²) >= 11 is 0. The highest BCUT2D eigenvalue weighted by atomic mass is 16.5. The first-order valence-corrected chi connectivity index (χ1v) is 4.94. The average Bonchev–Trinajstić information content (AvgIpc) is 2.31. The molecule has 75 valence electrons. The smallest absolute Gasteiger partial charge is 0.0713 e. The van der Waals surface area contributed by atoms with Gasteiger partial charge in [0.05, 0.1) is 6.61 Å². The Kier molecular flexibility index (Phi) is 3.15. The molecule has 0 unspecified atom stereocenters. The van der Waals surface area contributed by atoms with E-state index in [1.54, 1.807) is 7.11 Å². The van der Waals surface area contributed by atoms with Crippen molar-refractivity contribution < 1.29 is 4.74 Å². The molecule has 0 bridgehead atoms. The molecule has 1 radical (unpaired) electrons.